The third kappa shape index (κ3) is 3.22. The lowest BCUT2D eigenvalue weighted by Crippen LogP contribution is -2.04. The number of rotatable bonds is 2. The Bertz CT molecular complexity index is 660. The van der Waals surface area contributed by atoms with Crippen LogP contribution < -0.4 is 4.74 Å². The molecule has 0 saturated carbocycles. The first-order valence-electron chi connectivity index (χ1n) is 5.45. The topological polar surface area (TPSA) is 33.0 Å². The summed E-state index contributed by atoms with van der Waals surface area (Å²) < 4.78 is 42.8. The van der Waals surface area contributed by atoms with E-state index < -0.39 is 11.7 Å². The minimum atomic E-state index is -4.45. The molecule has 20 heavy (non-hydrogen) atoms. The molecular formula is C14H7ClF3NO. The molecule has 0 fully saturated rings. The predicted octanol–water partition coefficient (Wildman–Crippen LogP) is 5.02. The van der Waals surface area contributed by atoms with Gasteiger partial charge in [0.1, 0.15) is 11.5 Å². The van der Waals surface area contributed by atoms with Crippen molar-refractivity contribution >= 4 is 11.6 Å². The van der Waals surface area contributed by atoms with Crippen molar-refractivity contribution in [2.75, 3.05) is 0 Å². The molecule has 2 rings (SSSR count). The molecule has 2 aromatic carbocycles. The van der Waals surface area contributed by atoms with E-state index >= 15 is 0 Å². The summed E-state index contributed by atoms with van der Waals surface area (Å²) in [4.78, 5) is 0. The van der Waals surface area contributed by atoms with Gasteiger partial charge in [-0.25, -0.2) is 0 Å². The van der Waals surface area contributed by atoms with Gasteiger partial charge in [0, 0.05) is 0 Å². The number of ether oxygens (including phenoxy) is 1. The summed E-state index contributed by atoms with van der Waals surface area (Å²) >= 11 is 5.77. The van der Waals surface area contributed by atoms with Crippen molar-refractivity contribution in [2.45, 2.75) is 6.18 Å². The third-order valence-electron chi connectivity index (χ3n) is 2.47. The Hall–Kier alpha value is -2.19. The summed E-state index contributed by atoms with van der Waals surface area (Å²) in [7, 11) is 0. The van der Waals surface area contributed by atoms with Crippen molar-refractivity contribution in [3.63, 3.8) is 0 Å². The smallest absolute Gasteiger partial charge is 0.416 e. The SMILES string of the molecule is N#Cc1ccc(Oc2ccc(C(F)(F)F)cc2Cl)cc1. The molecule has 0 aliphatic rings. The Labute approximate surface area is 118 Å². The van der Waals surface area contributed by atoms with Gasteiger partial charge in [-0.05, 0) is 42.5 Å². The Kier molecular flexibility index (Phi) is 3.86. The molecule has 0 amide bonds. The van der Waals surface area contributed by atoms with Gasteiger partial charge in [-0.1, -0.05) is 11.6 Å². The molecule has 0 aliphatic heterocycles. The van der Waals surface area contributed by atoms with Gasteiger partial charge in [0.25, 0.3) is 0 Å². The lowest BCUT2D eigenvalue weighted by atomic mass is 10.2. The fourth-order valence-electron chi connectivity index (χ4n) is 1.48. The van der Waals surface area contributed by atoms with Crippen LogP contribution in [0.4, 0.5) is 13.2 Å². The molecule has 0 heterocycles. The maximum atomic E-state index is 12.5. The highest BCUT2D eigenvalue weighted by atomic mass is 35.5. The monoisotopic (exact) mass is 297 g/mol. The van der Waals surface area contributed by atoms with Crippen LogP contribution in [0.15, 0.2) is 42.5 Å². The van der Waals surface area contributed by atoms with Crippen molar-refractivity contribution < 1.29 is 17.9 Å². The summed E-state index contributed by atoms with van der Waals surface area (Å²) in [5.41, 5.74) is -0.384. The molecule has 0 spiro atoms. The van der Waals surface area contributed by atoms with Crippen molar-refractivity contribution in [2.24, 2.45) is 0 Å². The van der Waals surface area contributed by atoms with Gasteiger partial charge in [-0.2, -0.15) is 18.4 Å². The average Bonchev–Trinajstić information content (AvgIpc) is 2.41. The zero-order valence-electron chi connectivity index (χ0n) is 9.91. The summed E-state index contributed by atoms with van der Waals surface area (Å²) in [5.74, 6) is 0.495. The van der Waals surface area contributed by atoms with E-state index in [1.165, 1.54) is 24.3 Å². The Balaban J connectivity index is 2.23. The van der Waals surface area contributed by atoms with Gasteiger partial charge >= 0.3 is 6.18 Å². The van der Waals surface area contributed by atoms with Crippen molar-refractivity contribution in [3.8, 4) is 17.6 Å². The highest BCUT2D eigenvalue weighted by Gasteiger charge is 2.31. The zero-order chi connectivity index (χ0) is 14.8. The number of hydrogen-bond acceptors (Lipinski definition) is 2. The van der Waals surface area contributed by atoms with E-state index in [0.717, 1.165) is 18.2 Å². The van der Waals surface area contributed by atoms with Crippen LogP contribution in [-0.4, -0.2) is 0 Å². The van der Waals surface area contributed by atoms with Gasteiger partial charge in [0.05, 0.1) is 22.2 Å². The second-order valence-electron chi connectivity index (χ2n) is 3.88. The van der Waals surface area contributed by atoms with Crippen LogP contribution in [0, 0.1) is 11.3 Å². The van der Waals surface area contributed by atoms with Crippen LogP contribution in [-0.2, 0) is 6.18 Å². The predicted molar refractivity (Wildman–Crippen MR) is 67.7 cm³/mol. The minimum absolute atomic E-state index is 0.115. The molecule has 0 unspecified atom stereocenters. The van der Waals surface area contributed by atoms with Gasteiger partial charge in [0.15, 0.2) is 0 Å². The minimum Gasteiger partial charge on any atom is -0.456 e. The van der Waals surface area contributed by atoms with E-state index in [4.69, 9.17) is 21.6 Å². The molecular weight excluding hydrogens is 291 g/mol. The number of halogens is 4. The van der Waals surface area contributed by atoms with Crippen molar-refractivity contribution in [1.82, 2.24) is 0 Å². The van der Waals surface area contributed by atoms with Gasteiger partial charge in [0.2, 0.25) is 0 Å². The van der Waals surface area contributed by atoms with Gasteiger partial charge < -0.3 is 4.74 Å². The molecule has 0 aliphatic carbocycles. The van der Waals surface area contributed by atoms with Crippen LogP contribution in [0.2, 0.25) is 5.02 Å². The Morgan fingerprint density at radius 1 is 1.05 bits per heavy atom. The van der Waals surface area contributed by atoms with Gasteiger partial charge in [-0.3, -0.25) is 0 Å². The number of nitriles is 1. The van der Waals surface area contributed by atoms with E-state index in [-0.39, 0.29) is 10.8 Å². The van der Waals surface area contributed by atoms with E-state index in [1.54, 1.807) is 0 Å². The third-order valence-corrected chi connectivity index (χ3v) is 2.77. The fraction of sp³-hybridized carbons (Fsp3) is 0.0714. The molecule has 2 aromatic rings. The molecule has 6 heteroatoms. The molecule has 0 radical (unpaired) electrons. The standard InChI is InChI=1S/C14H7ClF3NO/c15-12-7-10(14(16,17)18)3-6-13(12)20-11-4-1-9(8-19)2-5-11/h1-7H. The first-order valence-corrected chi connectivity index (χ1v) is 5.83. The largest absolute Gasteiger partial charge is 0.456 e. The Morgan fingerprint density at radius 2 is 1.70 bits per heavy atom. The quantitative estimate of drug-likeness (QED) is 0.779. The number of benzene rings is 2. The normalized spacial score (nSPS) is 10.9. The maximum absolute atomic E-state index is 12.5. The fourth-order valence-corrected chi connectivity index (χ4v) is 1.70. The Morgan fingerprint density at radius 3 is 2.20 bits per heavy atom. The lowest BCUT2D eigenvalue weighted by molar-refractivity contribution is -0.137. The second-order valence-corrected chi connectivity index (χ2v) is 4.29. The summed E-state index contributed by atoms with van der Waals surface area (Å²) in [6.07, 6.45) is -4.45. The van der Waals surface area contributed by atoms with Gasteiger partial charge in [-0.15, -0.1) is 0 Å². The molecule has 0 aromatic heterocycles. The van der Waals surface area contributed by atoms with Crippen molar-refractivity contribution in [3.05, 3.63) is 58.6 Å². The van der Waals surface area contributed by atoms with Crippen LogP contribution in [0.1, 0.15) is 11.1 Å². The molecule has 102 valence electrons. The summed E-state index contributed by atoms with van der Waals surface area (Å²) in [6.45, 7) is 0. The van der Waals surface area contributed by atoms with Crippen LogP contribution in [0.3, 0.4) is 0 Å². The molecule has 2 nitrogen and oxygen atoms in total. The number of nitrogens with zero attached hydrogens (tertiary/aromatic N) is 1. The van der Waals surface area contributed by atoms with E-state index in [9.17, 15) is 13.2 Å². The first-order chi connectivity index (χ1) is 9.40. The molecule has 0 bridgehead atoms. The van der Waals surface area contributed by atoms with E-state index in [0.29, 0.717) is 11.3 Å². The zero-order valence-corrected chi connectivity index (χ0v) is 10.7. The van der Waals surface area contributed by atoms with Crippen molar-refractivity contribution in [1.29, 1.82) is 5.26 Å². The first kappa shape index (κ1) is 14.2. The molecule has 0 saturated heterocycles. The second kappa shape index (κ2) is 5.43. The van der Waals surface area contributed by atoms with Crippen LogP contribution in [0.25, 0.3) is 0 Å². The number of alkyl halides is 3. The van der Waals surface area contributed by atoms with Crippen LogP contribution >= 0.6 is 11.6 Å². The summed E-state index contributed by atoms with van der Waals surface area (Å²) in [6, 6.07) is 10.9. The highest BCUT2D eigenvalue weighted by Crippen LogP contribution is 2.36. The van der Waals surface area contributed by atoms with E-state index in [1.807, 2.05) is 6.07 Å². The maximum Gasteiger partial charge on any atom is 0.416 e. The molecule has 0 N–H and O–H groups in total. The van der Waals surface area contributed by atoms with E-state index in [2.05, 4.69) is 0 Å². The van der Waals surface area contributed by atoms with Crippen LogP contribution in [0.5, 0.6) is 11.5 Å². The highest BCUT2D eigenvalue weighted by molar-refractivity contribution is 6.32. The molecule has 0 atom stereocenters. The number of hydrogen-bond donors (Lipinski definition) is 0. The summed E-state index contributed by atoms with van der Waals surface area (Å²) in [5, 5.41) is 8.52. The average molecular weight is 298 g/mol. The lowest BCUT2D eigenvalue weighted by Gasteiger charge is -2.11.